The SMILES string of the molecule is C[N+](C)(CCCS(=O)(=O)[O-])CC[N+](C)(CCCS(=O)(=O)[O-])CC[N+](C)(CCC[Si]12OCCN(CCO1)CCO2)CCCS(=O)(=O)[O-]. The fourth-order valence-corrected chi connectivity index (χ4v) is 9.97. The number of quaternary nitrogens is 3. The summed E-state index contributed by atoms with van der Waals surface area (Å²) >= 11 is 0. The molecule has 0 spiro atoms. The van der Waals surface area contributed by atoms with Crippen LogP contribution in [-0.4, -0.2) is 203 Å². The van der Waals surface area contributed by atoms with Gasteiger partial charge in [-0.3, -0.25) is 4.90 Å². The first kappa shape index (κ1) is 41.8. The molecule has 46 heavy (non-hydrogen) atoms. The Kier molecular flexibility index (Phi) is 16.0. The Morgan fingerprint density at radius 3 is 1.30 bits per heavy atom. The van der Waals surface area contributed by atoms with Crippen LogP contribution in [0, 0.1) is 0 Å². The van der Waals surface area contributed by atoms with Gasteiger partial charge in [0.25, 0.3) is 0 Å². The van der Waals surface area contributed by atoms with E-state index in [1.54, 1.807) is 0 Å². The average molecular weight is 741 g/mol. The summed E-state index contributed by atoms with van der Waals surface area (Å²) < 4.78 is 121. The molecule has 0 N–H and O–H groups in total. The Morgan fingerprint density at radius 2 is 0.891 bits per heavy atom. The van der Waals surface area contributed by atoms with E-state index in [9.17, 15) is 38.9 Å². The second-order valence-electron chi connectivity index (χ2n) is 14.0. The predicted molar refractivity (Wildman–Crippen MR) is 170 cm³/mol. The molecule has 0 aromatic rings. The highest BCUT2D eigenvalue weighted by Crippen LogP contribution is 2.23. The van der Waals surface area contributed by atoms with E-state index < -0.39 is 56.4 Å². The fraction of sp³-hybridized carbons (Fsp3) is 1.00. The predicted octanol–water partition coefficient (Wildman–Crippen LogP) is -1.53. The van der Waals surface area contributed by atoms with Crippen LogP contribution in [0.2, 0.25) is 6.04 Å². The molecule has 0 radical (unpaired) electrons. The maximum atomic E-state index is 11.4. The standard InChI is InChI=1S/C26H56N4O12S3Si/c1-28(2,12-5-23-43(31,32)33)16-17-30(4,14-7-25-45(37,38)39)19-18-29(3,13-6-24-44(34,35)36)15-8-26-46-40-20-9-27(10-21-41-46)11-22-42-46/h5-26H2,1-4H3. The van der Waals surface area contributed by atoms with Crippen LogP contribution in [0.5, 0.6) is 0 Å². The molecule has 0 aromatic carbocycles. The minimum absolute atomic E-state index is 0.167. The monoisotopic (exact) mass is 740 g/mol. The number of fused-ring (bicyclic) bond motifs is 6. The zero-order valence-corrected chi connectivity index (χ0v) is 31.4. The first-order valence-electron chi connectivity index (χ1n) is 16.0. The lowest BCUT2D eigenvalue weighted by Gasteiger charge is -2.42. The molecule has 0 aliphatic carbocycles. The van der Waals surface area contributed by atoms with Crippen LogP contribution in [-0.2, 0) is 43.6 Å². The first-order valence-corrected chi connectivity index (χ1v) is 22.6. The topological polar surface area (TPSA) is 203 Å². The summed E-state index contributed by atoms with van der Waals surface area (Å²) in [6.07, 6.45) is 1.27. The van der Waals surface area contributed by atoms with Gasteiger partial charge in [-0.1, -0.05) is 0 Å². The summed E-state index contributed by atoms with van der Waals surface area (Å²) in [6.45, 7) is 8.43. The lowest BCUT2D eigenvalue weighted by Crippen LogP contribution is -2.59. The molecule has 0 amide bonds. The van der Waals surface area contributed by atoms with Crippen molar-refractivity contribution in [3.8, 4) is 0 Å². The molecule has 0 saturated carbocycles. The molecule has 16 nitrogen and oxygen atoms in total. The molecule has 2 atom stereocenters. The highest BCUT2D eigenvalue weighted by atomic mass is 32.2. The molecular weight excluding hydrogens is 685 g/mol. The van der Waals surface area contributed by atoms with Gasteiger partial charge in [-0.15, -0.1) is 0 Å². The number of hydrogen-bond acceptors (Lipinski definition) is 13. The summed E-state index contributed by atoms with van der Waals surface area (Å²) in [6, 6.07) is 0.610. The van der Waals surface area contributed by atoms with Crippen LogP contribution in [0.4, 0.5) is 0 Å². The number of likely N-dealkylation sites (N-methyl/N-ethyl adjacent to an activating group) is 3. The van der Waals surface area contributed by atoms with E-state index in [4.69, 9.17) is 13.3 Å². The molecule has 20 heteroatoms. The van der Waals surface area contributed by atoms with Gasteiger partial charge >= 0.3 is 8.80 Å². The van der Waals surface area contributed by atoms with Crippen LogP contribution in [0.15, 0.2) is 0 Å². The molecule has 3 rings (SSSR count). The zero-order valence-electron chi connectivity index (χ0n) is 28.0. The number of rotatable bonds is 22. The van der Waals surface area contributed by atoms with Crippen LogP contribution in [0.1, 0.15) is 25.7 Å². The maximum Gasteiger partial charge on any atom is 0.501 e. The third-order valence-electron chi connectivity index (χ3n) is 9.14. The lowest BCUT2D eigenvalue weighted by atomic mass is 10.2. The minimum Gasteiger partial charge on any atom is -0.748 e. The molecule has 0 aromatic heterocycles. The van der Waals surface area contributed by atoms with E-state index in [1.807, 2.05) is 28.2 Å². The molecule has 3 aliphatic heterocycles. The van der Waals surface area contributed by atoms with Crippen molar-refractivity contribution in [3.05, 3.63) is 0 Å². The van der Waals surface area contributed by atoms with Gasteiger partial charge in [-0.2, -0.15) is 0 Å². The minimum atomic E-state index is -4.40. The van der Waals surface area contributed by atoms with Crippen molar-refractivity contribution >= 4 is 39.2 Å². The molecule has 2 bridgehead atoms. The average Bonchev–Trinajstić information content (AvgIpc) is 2.85. The van der Waals surface area contributed by atoms with E-state index in [2.05, 4.69) is 4.90 Å². The summed E-state index contributed by atoms with van der Waals surface area (Å²) in [5, 5.41) is 0. The summed E-state index contributed by atoms with van der Waals surface area (Å²) in [4.78, 5) is 2.24. The Bertz CT molecular complexity index is 1250. The van der Waals surface area contributed by atoms with Gasteiger partial charge in [0, 0.05) is 68.6 Å². The van der Waals surface area contributed by atoms with Crippen molar-refractivity contribution in [3.63, 3.8) is 0 Å². The Balaban J connectivity index is 2.14. The van der Waals surface area contributed by atoms with Crippen molar-refractivity contribution in [2.24, 2.45) is 0 Å². The molecule has 2 unspecified atom stereocenters. The van der Waals surface area contributed by atoms with E-state index in [0.717, 1.165) is 19.6 Å². The Hall–Kier alpha value is -0.333. The van der Waals surface area contributed by atoms with Gasteiger partial charge < -0.3 is 40.4 Å². The summed E-state index contributed by atoms with van der Waals surface area (Å²) in [5.74, 6) is -1.40. The van der Waals surface area contributed by atoms with Gasteiger partial charge in [0.15, 0.2) is 0 Å². The van der Waals surface area contributed by atoms with E-state index in [-0.39, 0.29) is 19.3 Å². The third-order valence-corrected chi connectivity index (χ3v) is 14.4. The van der Waals surface area contributed by atoms with Gasteiger partial charge in [0.2, 0.25) is 0 Å². The lowest BCUT2D eigenvalue weighted by molar-refractivity contribution is -0.981. The van der Waals surface area contributed by atoms with Crippen LogP contribution < -0.4 is 0 Å². The third kappa shape index (κ3) is 17.9. The Morgan fingerprint density at radius 1 is 0.543 bits per heavy atom. The molecule has 3 heterocycles. The quantitative estimate of drug-likeness (QED) is 0.0704. The largest absolute Gasteiger partial charge is 0.748 e. The smallest absolute Gasteiger partial charge is 0.501 e. The van der Waals surface area contributed by atoms with Crippen molar-refractivity contribution in [2.75, 3.05) is 137 Å². The van der Waals surface area contributed by atoms with Gasteiger partial charge in [-0.25, -0.2) is 25.3 Å². The molecule has 3 fully saturated rings. The van der Waals surface area contributed by atoms with Crippen molar-refractivity contribution in [2.45, 2.75) is 31.7 Å². The van der Waals surface area contributed by atoms with E-state index in [0.29, 0.717) is 98.1 Å². The van der Waals surface area contributed by atoms with Crippen LogP contribution >= 0.6 is 0 Å². The number of nitrogens with zero attached hydrogens (tertiary/aromatic N) is 4. The Labute approximate surface area is 277 Å². The highest BCUT2D eigenvalue weighted by molar-refractivity contribution is 7.86. The van der Waals surface area contributed by atoms with Crippen molar-refractivity contribution < 1.29 is 65.6 Å². The van der Waals surface area contributed by atoms with E-state index in [1.165, 1.54) is 0 Å². The maximum absolute atomic E-state index is 11.4. The van der Waals surface area contributed by atoms with Gasteiger partial charge in [-0.05, 0) is 0 Å². The highest BCUT2D eigenvalue weighted by Gasteiger charge is 2.44. The molecule has 3 saturated heterocycles. The normalized spacial score (nSPS) is 24.5. The van der Waals surface area contributed by atoms with Crippen LogP contribution in [0.3, 0.4) is 0 Å². The zero-order chi connectivity index (χ0) is 34.8. The summed E-state index contributed by atoms with van der Waals surface area (Å²) in [7, 11) is -8.09. The summed E-state index contributed by atoms with van der Waals surface area (Å²) in [5.41, 5.74) is 0. The second-order valence-corrected chi connectivity index (χ2v) is 21.3. The second kappa shape index (κ2) is 17.5. The first-order chi connectivity index (χ1) is 21.0. The molecular formula is C26H56N4O12S3Si. The van der Waals surface area contributed by atoms with E-state index >= 15 is 0 Å². The van der Waals surface area contributed by atoms with Crippen molar-refractivity contribution in [1.29, 1.82) is 0 Å². The van der Waals surface area contributed by atoms with Crippen molar-refractivity contribution in [1.82, 2.24) is 4.90 Å². The fourth-order valence-electron chi connectivity index (χ4n) is 6.04. The van der Waals surface area contributed by atoms with Gasteiger partial charge in [0.05, 0.1) is 105 Å². The van der Waals surface area contributed by atoms with Gasteiger partial charge in [0.1, 0.15) is 26.2 Å². The molecule has 274 valence electrons. The molecule has 3 aliphatic rings. The number of hydrogen-bond donors (Lipinski definition) is 0. The van der Waals surface area contributed by atoms with Crippen LogP contribution in [0.25, 0.3) is 0 Å².